The zero-order chi connectivity index (χ0) is 16.4. The molecular formula is C16H14Cl2N4O. The van der Waals surface area contributed by atoms with Crippen molar-refractivity contribution in [2.75, 3.05) is 14.1 Å². The van der Waals surface area contributed by atoms with Crippen LogP contribution in [0.1, 0.15) is 0 Å². The van der Waals surface area contributed by atoms with E-state index in [1.54, 1.807) is 24.5 Å². The Morgan fingerprint density at radius 2 is 1.91 bits per heavy atom. The van der Waals surface area contributed by atoms with Crippen LogP contribution in [0.15, 0.2) is 41.5 Å². The molecule has 0 saturated carbocycles. The van der Waals surface area contributed by atoms with Crippen LogP contribution in [0.2, 0.25) is 10.0 Å². The van der Waals surface area contributed by atoms with E-state index in [4.69, 9.17) is 27.9 Å². The van der Waals surface area contributed by atoms with E-state index < -0.39 is 0 Å². The molecule has 0 fully saturated rings. The van der Waals surface area contributed by atoms with Gasteiger partial charge in [-0.25, -0.2) is 9.98 Å². The highest BCUT2D eigenvalue weighted by atomic mass is 35.5. The first-order valence-corrected chi connectivity index (χ1v) is 7.60. The van der Waals surface area contributed by atoms with Gasteiger partial charge in [-0.1, -0.05) is 23.2 Å². The van der Waals surface area contributed by atoms with Gasteiger partial charge in [-0.15, -0.1) is 0 Å². The zero-order valence-corrected chi connectivity index (χ0v) is 14.1. The number of ether oxygens (including phenoxy) is 1. The molecule has 118 valence electrons. The molecule has 0 unspecified atom stereocenters. The number of aliphatic imine (C=N–C) groups is 1. The minimum absolute atomic E-state index is 0.361. The minimum atomic E-state index is 0.361. The van der Waals surface area contributed by atoms with E-state index in [9.17, 15) is 0 Å². The predicted octanol–water partition coefficient (Wildman–Crippen LogP) is 4.88. The van der Waals surface area contributed by atoms with Gasteiger partial charge in [-0.3, -0.25) is 0 Å². The Morgan fingerprint density at radius 1 is 1.17 bits per heavy atom. The Balaban J connectivity index is 1.90. The SMILES string of the molecule is CN(C)C=Nc1cc(Cl)c(Oc2ccc3[nH]ccc3n2)c(Cl)c1. The van der Waals surface area contributed by atoms with Gasteiger partial charge < -0.3 is 14.6 Å². The second-order valence-electron chi connectivity index (χ2n) is 5.11. The van der Waals surface area contributed by atoms with E-state index in [0.717, 1.165) is 11.0 Å². The topological polar surface area (TPSA) is 53.5 Å². The Morgan fingerprint density at radius 3 is 2.61 bits per heavy atom. The Labute approximate surface area is 143 Å². The third kappa shape index (κ3) is 3.57. The van der Waals surface area contributed by atoms with Gasteiger partial charge in [-0.05, 0) is 24.3 Å². The molecule has 23 heavy (non-hydrogen) atoms. The lowest BCUT2D eigenvalue weighted by Gasteiger charge is -2.10. The highest BCUT2D eigenvalue weighted by molar-refractivity contribution is 6.37. The third-order valence-electron chi connectivity index (χ3n) is 3.01. The van der Waals surface area contributed by atoms with Crippen LogP contribution in [-0.4, -0.2) is 35.3 Å². The van der Waals surface area contributed by atoms with Crippen molar-refractivity contribution in [2.45, 2.75) is 0 Å². The molecule has 0 radical (unpaired) electrons. The van der Waals surface area contributed by atoms with Crippen molar-refractivity contribution in [3.05, 3.63) is 46.6 Å². The maximum absolute atomic E-state index is 6.27. The number of nitrogens with zero attached hydrogens (tertiary/aromatic N) is 3. The molecule has 0 aliphatic rings. The summed E-state index contributed by atoms with van der Waals surface area (Å²) in [6.07, 6.45) is 3.49. The number of rotatable bonds is 4. The number of nitrogens with one attached hydrogen (secondary N) is 1. The first-order valence-electron chi connectivity index (χ1n) is 6.84. The fourth-order valence-corrected chi connectivity index (χ4v) is 2.53. The Bertz CT molecular complexity index is 850. The molecule has 0 saturated heterocycles. The van der Waals surface area contributed by atoms with Gasteiger partial charge in [0.2, 0.25) is 5.88 Å². The minimum Gasteiger partial charge on any atom is -0.436 e. The molecule has 1 aromatic carbocycles. The molecule has 0 bridgehead atoms. The monoisotopic (exact) mass is 348 g/mol. The summed E-state index contributed by atoms with van der Waals surface area (Å²) < 4.78 is 5.75. The van der Waals surface area contributed by atoms with Gasteiger partial charge in [0.1, 0.15) is 0 Å². The average Bonchev–Trinajstić information content (AvgIpc) is 2.96. The number of H-pyrrole nitrogens is 1. The van der Waals surface area contributed by atoms with Gasteiger partial charge in [0.25, 0.3) is 0 Å². The standard InChI is InChI=1S/C16H14Cl2N4O/c1-22(2)9-20-10-7-11(17)16(12(18)8-10)23-15-4-3-13-14(21-15)5-6-19-13/h3-9,19H,1-2H3. The van der Waals surface area contributed by atoms with Crippen molar-refractivity contribution < 1.29 is 4.74 Å². The van der Waals surface area contributed by atoms with E-state index in [2.05, 4.69) is 15.0 Å². The summed E-state index contributed by atoms with van der Waals surface area (Å²) >= 11 is 12.5. The lowest BCUT2D eigenvalue weighted by atomic mass is 10.3. The first-order chi connectivity index (χ1) is 11.0. The van der Waals surface area contributed by atoms with Crippen molar-refractivity contribution in [2.24, 2.45) is 4.99 Å². The average molecular weight is 349 g/mol. The number of fused-ring (bicyclic) bond motifs is 1. The second-order valence-corrected chi connectivity index (χ2v) is 5.92. The van der Waals surface area contributed by atoms with E-state index >= 15 is 0 Å². The zero-order valence-electron chi connectivity index (χ0n) is 12.5. The molecule has 2 aromatic heterocycles. The van der Waals surface area contributed by atoms with Crippen LogP contribution >= 0.6 is 23.2 Å². The first kappa shape index (κ1) is 15.6. The predicted molar refractivity (Wildman–Crippen MR) is 94.5 cm³/mol. The summed E-state index contributed by atoms with van der Waals surface area (Å²) in [5.41, 5.74) is 2.39. The number of halogens is 2. The van der Waals surface area contributed by atoms with Gasteiger partial charge in [0.15, 0.2) is 5.75 Å². The third-order valence-corrected chi connectivity index (χ3v) is 3.57. The number of hydrogen-bond donors (Lipinski definition) is 1. The molecule has 7 heteroatoms. The molecule has 3 rings (SSSR count). The number of pyridine rings is 1. The van der Waals surface area contributed by atoms with Crippen LogP contribution in [0.4, 0.5) is 5.69 Å². The van der Waals surface area contributed by atoms with E-state index in [1.165, 1.54) is 0 Å². The lowest BCUT2D eigenvalue weighted by molar-refractivity contribution is 0.465. The van der Waals surface area contributed by atoms with Crippen molar-refractivity contribution in [1.82, 2.24) is 14.9 Å². The molecule has 2 heterocycles. The summed E-state index contributed by atoms with van der Waals surface area (Å²) in [5, 5.41) is 0.749. The van der Waals surface area contributed by atoms with Crippen LogP contribution in [0, 0.1) is 0 Å². The van der Waals surface area contributed by atoms with Crippen LogP contribution < -0.4 is 4.74 Å². The molecule has 0 amide bonds. The molecule has 0 spiro atoms. The second kappa shape index (κ2) is 6.48. The molecule has 0 aliphatic carbocycles. The number of aromatic nitrogens is 2. The smallest absolute Gasteiger partial charge is 0.220 e. The molecule has 3 aromatic rings. The fourth-order valence-electron chi connectivity index (χ4n) is 1.98. The summed E-state index contributed by atoms with van der Waals surface area (Å²) in [6, 6.07) is 8.89. The molecule has 0 aliphatic heterocycles. The van der Waals surface area contributed by atoms with E-state index in [-0.39, 0.29) is 0 Å². The van der Waals surface area contributed by atoms with Crippen LogP contribution in [0.25, 0.3) is 11.0 Å². The van der Waals surface area contributed by atoms with E-state index in [1.807, 2.05) is 37.3 Å². The number of hydrogen-bond acceptors (Lipinski definition) is 3. The molecule has 5 nitrogen and oxygen atoms in total. The Kier molecular flexibility index (Phi) is 4.41. The van der Waals surface area contributed by atoms with Gasteiger partial charge in [-0.2, -0.15) is 0 Å². The summed E-state index contributed by atoms with van der Waals surface area (Å²) in [6.45, 7) is 0. The van der Waals surface area contributed by atoms with Crippen LogP contribution in [0.5, 0.6) is 11.6 Å². The Hall–Kier alpha value is -2.24. The maximum atomic E-state index is 6.27. The van der Waals surface area contributed by atoms with Gasteiger partial charge in [0.05, 0.1) is 33.1 Å². The summed E-state index contributed by atoms with van der Waals surface area (Å²) in [7, 11) is 3.76. The maximum Gasteiger partial charge on any atom is 0.220 e. The van der Waals surface area contributed by atoms with Crippen molar-refractivity contribution in [3.8, 4) is 11.6 Å². The summed E-state index contributed by atoms with van der Waals surface area (Å²) in [5.74, 6) is 0.782. The van der Waals surface area contributed by atoms with E-state index in [0.29, 0.717) is 27.4 Å². The number of benzene rings is 1. The van der Waals surface area contributed by atoms with Crippen molar-refractivity contribution in [1.29, 1.82) is 0 Å². The molecule has 0 atom stereocenters. The fraction of sp³-hybridized carbons (Fsp3) is 0.125. The molecule has 1 N–H and O–H groups in total. The largest absolute Gasteiger partial charge is 0.436 e. The van der Waals surface area contributed by atoms with Crippen LogP contribution in [0.3, 0.4) is 0 Å². The number of aromatic amines is 1. The quantitative estimate of drug-likeness (QED) is 0.539. The van der Waals surface area contributed by atoms with Crippen molar-refractivity contribution >= 4 is 46.3 Å². The van der Waals surface area contributed by atoms with Gasteiger partial charge in [0, 0.05) is 26.4 Å². The highest BCUT2D eigenvalue weighted by Gasteiger charge is 2.12. The normalized spacial score (nSPS) is 11.3. The van der Waals surface area contributed by atoms with Crippen LogP contribution in [-0.2, 0) is 0 Å². The highest BCUT2D eigenvalue weighted by Crippen LogP contribution is 2.39. The van der Waals surface area contributed by atoms with Gasteiger partial charge >= 0.3 is 0 Å². The summed E-state index contributed by atoms with van der Waals surface area (Å²) in [4.78, 5) is 13.5. The lowest BCUT2D eigenvalue weighted by Crippen LogP contribution is -2.06. The molecular weight excluding hydrogens is 335 g/mol. The van der Waals surface area contributed by atoms with Crippen molar-refractivity contribution in [3.63, 3.8) is 0 Å².